The van der Waals surface area contributed by atoms with Gasteiger partial charge >= 0.3 is 0 Å². The molecule has 0 spiro atoms. The highest BCUT2D eigenvalue weighted by molar-refractivity contribution is 7.10. The highest BCUT2D eigenvalue weighted by Crippen LogP contribution is 2.31. The average molecular weight is 451 g/mol. The van der Waals surface area contributed by atoms with E-state index in [1.165, 1.54) is 23.5 Å². The molecule has 166 valence electrons. The predicted octanol–water partition coefficient (Wildman–Crippen LogP) is 5.57. The van der Waals surface area contributed by atoms with Crippen molar-refractivity contribution in [3.05, 3.63) is 87.9 Å². The van der Waals surface area contributed by atoms with Gasteiger partial charge in [-0.2, -0.15) is 0 Å². The number of halogens is 1. The molecule has 1 fully saturated rings. The zero-order chi connectivity index (χ0) is 22.5. The second-order valence-corrected chi connectivity index (χ2v) is 9.34. The van der Waals surface area contributed by atoms with E-state index in [9.17, 15) is 14.0 Å². The molecule has 1 aliphatic rings. The summed E-state index contributed by atoms with van der Waals surface area (Å²) in [5, 5.41) is 5.08. The van der Waals surface area contributed by atoms with Crippen molar-refractivity contribution in [2.24, 2.45) is 0 Å². The first-order valence-corrected chi connectivity index (χ1v) is 11.9. The maximum absolute atomic E-state index is 13.7. The molecule has 0 aliphatic heterocycles. The Kier molecular flexibility index (Phi) is 7.00. The number of hydrogen-bond acceptors (Lipinski definition) is 3. The zero-order valence-corrected chi connectivity index (χ0v) is 18.9. The van der Waals surface area contributed by atoms with Crippen LogP contribution in [0.2, 0.25) is 0 Å². The minimum atomic E-state index is -0.884. The van der Waals surface area contributed by atoms with Crippen LogP contribution in [0, 0.1) is 12.7 Å². The van der Waals surface area contributed by atoms with Gasteiger partial charge in [0.25, 0.3) is 0 Å². The number of hydrogen-bond donors (Lipinski definition) is 1. The third-order valence-electron chi connectivity index (χ3n) is 5.85. The van der Waals surface area contributed by atoms with Gasteiger partial charge < -0.3 is 5.32 Å². The molecule has 1 N–H and O–H groups in total. The summed E-state index contributed by atoms with van der Waals surface area (Å²) in [6, 6.07) is 16.5. The Balaban J connectivity index is 1.76. The van der Waals surface area contributed by atoms with Crippen LogP contribution in [-0.4, -0.2) is 17.9 Å². The number of amides is 2. The molecule has 1 aliphatic carbocycles. The highest BCUT2D eigenvalue weighted by atomic mass is 32.1. The Morgan fingerprint density at radius 1 is 1.09 bits per heavy atom. The number of carbonyl (C=O) groups is 2. The largest absolute Gasteiger partial charge is 0.351 e. The summed E-state index contributed by atoms with van der Waals surface area (Å²) in [5.41, 5.74) is 2.23. The molecule has 1 saturated carbocycles. The second kappa shape index (κ2) is 10.1. The molecule has 3 aromatic rings. The molecule has 0 saturated heterocycles. The van der Waals surface area contributed by atoms with Crippen molar-refractivity contribution in [2.45, 2.75) is 51.1 Å². The van der Waals surface area contributed by atoms with E-state index in [4.69, 9.17) is 0 Å². The Hall–Kier alpha value is -2.99. The van der Waals surface area contributed by atoms with Crippen LogP contribution in [0.3, 0.4) is 0 Å². The number of anilines is 1. The Morgan fingerprint density at radius 2 is 1.84 bits per heavy atom. The van der Waals surface area contributed by atoms with Crippen LogP contribution >= 0.6 is 11.3 Å². The summed E-state index contributed by atoms with van der Waals surface area (Å²) in [7, 11) is 0. The average Bonchev–Trinajstić information content (AvgIpc) is 3.47. The lowest BCUT2D eigenvalue weighted by Gasteiger charge is -2.32. The summed E-state index contributed by atoms with van der Waals surface area (Å²) in [6.45, 7) is 1.96. The fourth-order valence-corrected chi connectivity index (χ4v) is 4.97. The molecule has 2 aromatic carbocycles. The van der Waals surface area contributed by atoms with Gasteiger partial charge in [0.2, 0.25) is 11.8 Å². The fraction of sp³-hybridized carbons (Fsp3) is 0.308. The minimum Gasteiger partial charge on any atom is -0.351 e. The van der Waals surface area contributed by atoms with Crippen molar-refractivity contribution >= 4 is 28.8 Å². The van der Waals surface area contributed by atoms with E-state index in [2.05, 4.69) is 5.32 Å². The van der Waals surface area contributed by atoms with Gasteiger partial charge in [0.1, 0.15) is 11.9 Å². The van der Waals surface area contributed by atoms with Crippen LogP contribution in [0.4, 0.5) is 10.1 Å². The lowest BCUT2D eigenvalue weighted by molar-refractivity contribution is -0.127. The Bertz CT molecular complexity index is 1060. The van der Waals surface area contributed by atoms with Crippen molar-refractivity contribution in [2.75, 3.05) is 4.90 Å². The van der Waals surface area contributed by atoms with Gasteiger partial charge in [-0.15, -0.1) is 11.3 Å². The molecule has 4 rings (SSSR count). The quantitative estimate of drug-likeness (QED) is 0.511. The second-order valence-electron chi connectivity index (χ2n) is 8.30. The number of carbonyl (C=O) groups excluding carboxylic acids is 2. The summed E-state index contributed by atoms with van der Waals surface area (Å²) in [4.78, 5) is 29.7. The van der Waals surface area contributed by atoms with Crippen molar-refractivity contribution in [3.63, 3.8) is 0 Å². The van der Waals surface area contributed by atoms with Crippen LogP contribution in [0.25, 0.3) is 0 Å². The highest BCUT2D eigenvalue weighted by Gasteiger charge is 2.34. The number of aryl methyl sites for hydroxylation is 1. The summed E-state index contributed by atoms with van der Waals surface area (Å²) >= 11 is 1.51. The molecule has 1 atom stereocenters. The lowest BCUT2D eigenvalue weighted by Crippen LogP contribution is -2.46. The smallest absolute Gasteiger partial charge is 0.248 e. The maximum atomic E-state index is 13.7. The monoisotopic (exact) mass is 450 g/mol. The van der Waals surface area contributed by atoms with Crippen molar-refractivity contribution < 1.29 is 14.0 Å². The number of nitrogens with zero attached hydrogens (tertiary/aromatic N) is 1. The van der Waals surface area contributed by atoms with E-state index in [0.29, 0.717) is 11.3 Å². The van der Waals surface area contributed by atoms with Crippen molar-refractivity contribution in [1.29, 1.82) is 0 Å². The van der Waals surface area contributed by atoms with Crippen LogP contribution in [-0.2, 0) is 16.0 Å². The third kappa shape index (κ3) is 5.25. The molecule has 32 heavy (non-hydrogen) atoms. The van der Waals surface area contributed by atoms with Crippen LogP contribution in [0.5, 0.6) is 0 Å². The molecular weight excluding hydrogens is 423 g/mol. The van der Waals surface area contributed by atoms with Gasteiger partial charge in [-0.25, -0.2) is 4.39 Å². The molecule has 0 bridgehead atoms. The normalized spacial score (nSPS) is 14.8. The van der Waals surface area contributed by atoms with Crippen molar-refractivity contribution in [1.82, 2.24) is 5.32 Å². The number of thiophene rings is 1. The van der Waals surface area contributed by atoms with Gasteiger partial charge in [-0.1, -0.05) is 43.2 Å². The predicted molar refractivity (Wildman–Crippen MR) is 126 cm³/mol. The van der Waals surface area contributed by atoms with Crippen LogP contribution < -0.4 is 10.2 Å². The van der Waals surface area contributed by atoms with Gasteiger partial charge in [0.15, 0.2) is 0 Å². The molecule has 1 heterocycles. The van der Waals surface area contributed by atoms with Crippen LogP contribution in [0.1, 0.15) is 47.7 Å². The summed E-state index contributed by atoms with van der Waals surface area (Å²) in [6.07, 6.45) is 4.25. The van der Waals surface area contributed by atoms with E-state index >= 15 is 0 Å². The molecule has 1 aromatic heterocycles. The summed E-state index contributed by atoms with van der Waals surface area (Å²) < 4.78 is 13.7. The van der Waals surface area contributed by atoms with Gasteiger partial charge in [-0.05, 0) is 66.6 Å². The SMILES string of the molecule is Cc1cccc(N(C(=O)Cc2cccs2)[C@H](C(=O)NC2CCCC2)c2ccc(F)cc2)c1. The molecule has 2 amide bonds. The molecular formula is C26H27FN2O2S. The topological polar surface area (TPSA) is 49.4 Å². The minimum absolute atomic E-state index is 0.109. The maximum Gasteiger partial charge on any atom is 0.248 e. The van der Waals surface area contributed by atoms with E-state index in [1.807, 2.05) is 48.7 Å². The van der Waals surface area contributed by atoms with Crippen molar-refractivity contribution in [3.8, 4) is 0 Å². The first-order valence-electron chi connectivity index (χ1n) is 11.0. The molecule has 6 heteroatoms. The first kappa shape index (κ1) is 22.2. The van der Waals surface area contributed by atoms with E-state index in [0.717, 1.165) is 36.1 Å². The van der Waals surface area contributed by atoms with E-state index < -0.39 is 6.04 Å². The number of rotatable bonds is 7. The number of benzene rings is 2. The lowest BCUT2D eigenvalue weighted by atomic mass is 10.0. The molecule has 0 radical (unpaired) electrons. The van der Waals surface area contributed by atoms with Gasteiger partial charge in [-0.3, -0.25) is 14.5 Å². The molecule has 0 unspecified atom stereocenters. The fourth-order valence-electron chi connectivity index (χ4n) is 4.28. The summed E-state index contributed by atoms with van der Waals surface area (Å²) in [5.74, 6) is -0.783. The zero-order valence-electron chi connectivity index (χ0n) is 18.1. The van der Waals surface area contributed by atoms with Crippen LogP contribution in [0.15, 0.2) is 66.0 Å². The number of nitrogens with one attached hydrogen (secondary N) is 1. The molecule has 4 nitrogen and oxygen atoms in total. The Morgan fingerprint density at radius 3 is 2.50 bits per heavy atom. The van der Waals surface area contributed by atoms with E-state index in [1.54, 1.807) is 17.0 Å². The first-order chi connectivity index (χ1) is 15.5. The Labute approximate surface area is 192 Å². The van der Waals surface area contributed by atoms with E-state index in [-0.39, 0.29) is 30.1 Å². The third-order valence-corrected chi connectivity index (χ3v) is 6.72. The van der Waals surface area contributed by atoms with Gasteiger partial charge in [0.05, 0.1) is 6.42 Å². The standard InChI is InChI=1S/C26H27FN2O2S/c1-18-6-4-9-22(16-18)29(24(30)17-23-10-5-15-32-23)25(19-11-13-20(27)14-12-19)26(31)28-21-7-2-3-8-21/h4-6,9-16,21,25H,2-3,7-8,17H2,1H3,(H,28,31)/t25-/m0/s1. The van der Waals surface area contributed by atoms with Gasteiger partial charge in [0, 0.05) is 16.6 Å².